The van der Waals surface area contributed by atoms with Crippen molar-refractivity contribution in [3.05, 3.63) is 47.5 Å². The van der Waals surface area contributed by atoms with Gasteiger partial charge in [-0.2, -0.15) is 0 Å². The van der Waals surface area contributed by atoms with Crippen molar-refractivity contribution >= 4 is 21.4 Å². The molecule has 0 saturated carbocycles. The first-order valence-electron chi connectivity index (χ1n) is 5.17. The summed E-state index contributed by atoms with van der Waals surface area (Å²) in [4.78, 5) is 0.0671. The fourth-order valence-electron chi connectivity index (χ4n) is 1.65. The Bertz CT molecular complexity index is 693. The molecule has 3 nitrogen and oxygen atoms in total. The molecule has 94 valence electrons. The minimum atomic E-state index is -3.37. The SMILES string of the molecule is CS(=O)(=O)c1cc(O)cc(-c2ccccc2Cl)c1. The molecule has 0 aliphatic rings. The van der Waals surface area contributed by atoms with Crippen molar-refractivity contribution in [2.45, 2.75) is 4.90 Å². The van der Waals surface area contributed by atoms with E-state index < -0.39 is 9.84 Å². The third kappa shape index (κ3) is 2.66. The first-order valence-corrected chi connectivity index (χ1v) is 7.44. The Kier molecular flexibility index (Phi) is 3.32. The molecule has 1 N–H and O–H groups in total. The van der Waals surface area contributed by atoms with Crippen LogP contribution in [0.25, 0.3) is 11.1 Å². The van der Waals surface area contributed by atoms with Crippen molar-refractivity contribution in [2.75, 3.05) is 6.26 Å². The number of phenols is 1. The van der Waals surface area contributed by atoms with E-state index in [0.29, 0.717) is 16.1 Å². The zero-order valence-electron chi connectivity index (χ0n) is 9.59. The molecule has 2 aromatic carbocycles. The van der Waals surface area contributed by atoms with E-state index in [4.69, 9.17) is 11.6 Å². The number of aromatic hydroxyl groups is 1. The summed E-state index contributed by atoms with van der Waals surface area (Å²) in [6, 6.07) is 11.3. The fourth-order valence-corrected chi connectivity index (χ4v) is 2.57. The van der Waals surface area contributed by atoms with E-state index in [1.54, 1.807) is 24.3 Å². The molecular formula is C13H11ClO3S. The first kappa shape index (κ1) is 12.9. The summed E-state index contributed by atoms with van der Waals surface area (Å²) in [5.41, 5.74) is 1.25. The average molecular weight is 283 g/mol. The Balaban J connectivity index is 2.67. The van der Waals surface area contributed by atoms with Crippen LogP contribution in [0.5, 0.6) is 5.75 Å². The molecule has 0 fully saturated rings. The molecule has 0 atom stereocenters. The van der Waals surface area contributed by atoms with Crippen LogP contribution < -0.4 is 0 Å². The van der Waals surface area contributed by atoms with Crippen LogP contribution in [0.3, 0.4) is 0 Å². The Morgan fingerprint density at radius 3 is 2.39 bits per heavy atom. The number of rotatable bonds is 2. The highest BCUT2D eigenvalue weighted by molar-refractivity contribution is 7.90. The van der Waals surface area contributed by atoms with Crippen LogP contribution in [0, 0.1) is 0 Å². The molecule has 0 aliphatic heterocycles. The second-order valence-electron chi connectivity index (χ2n) is 3.97. The van der Waals surface area contributed by atoms with Crippen molar-refractivity contribution in [1.82, 2.24) is 0 Å². The zero-order chi connectivity index (χ0) is 13.3. The van der Waals surface area contributed by atoms with E-state index in [2.05, 4.69) is 0 Å². The maximum atomic E-state index is 11.5. The number of benzene rings is 2. The molecule has 2 aromatic rings. The van der Waals surface area contributed by atoms with Crippen LogP contribution in [0.2, 0.25) is 5.02 Å². The predicted molar refractivity (Wildman–Crippen MR) is 71.7 cm³/mol. The van der Waals surface area contributed by atoms with Gasteiger partial charge >= 0.3 is 0 Å². The summed E-state index contributed by atoms with van der Waals surface area (Å²) in [5, 5.41) is 10.1. The maximum Gasteiger partial charge on any atom is 0.175 e. The van der Waals surface area contributed by atoms with Gasteiger partial charge in [0.25, 0.3) is 0 Å². The topological polar surface area (TPSA) is 54.4 Å². The lowest BCUT2D eigenvalue weighted by Crippen LogP contribution is -1.97. The Labute approximate surface area is 111 Å². The quantitative estimate of drug-likeness (QED) is 0.921. The molecule has 0 unspecified atom stereocenters. The van der Waals surface area contributed by atoms with Crippen molar-refractivity contribution in [1.29, 1.82) is 0 Å². The van der Waals surface area contributed by atoms with Crippen molar-refractivity contribution in [3.8, 4) is 16.9 Å². The molecule has 0 aliphatic carbocycles. The molecule has 2 rings (SSSR count). The van der Waals surface area contributed by atoms with Crippen molar-refractivity contribution < 1.29 is 13.5 Å². The molecule has 0 bridgehead atoms. The van der Waals surface area contributed by atoms with Gasteiger partial charge in [-0.1, -0.05) is 29.8 Å². The second kappa shape index (κ2) is 4.63. The van der Waals surface area contributed by atoms with E-state index in [9.17, 15) is 13.5 Å². The third-order valence-corrected chi connectivity index (χ3v) is 3.93. The maximum absolute atomic E-state index is 11.5. The van der Waals surface area contributed by atoms with Crippen LogP contribution in [-0.2, 0) is 9.84 Å². The summed E-state index contributed by atoms with van der Waals surface area (Å²) >= 11 is 6.05. The van der Waals surface area contributed by atoms with Gasteiger partial charge in [-0.3, -0.25) is 0 Å². The van der Waals surface area contributed by atoms with Gasteiger partial charge in [-0.25, -0.2) is 8.42 Å². The fraction of sp³-hybridized carbons (Fsp3) is 0.0769. The Hall–Kier alpha value is -1.52. The van der Waals surface area contributed by atoms with Gasteiger partial charge in [0.15, 0.2) is 9.84 Å². The van der Waals surface area contributed by atoms with E-state index in [1.807, 2.05) is 0 Å². The van der Waals surface area contributed by atoms with Gasteiger partial charge < -0.3 is 5.11 Å². The Morgan fingerprint density at radius 1 is 1.11 bits per heavy atom. The number of sulfone groups is 1. The smallest absolute Gasteiger partial charge is 0.175 e. The van der Waals surface area contributed by atoms with Gasteiger partial charge in [-0.05, 0) is 29.8 Å². The van der Waals surface area contributed by atoms with E-state index in [0.717, 1.165) is 6.26 Å². The van der Waals surface area contributed by atoms with Crippen LogP contribution in [-0.4, -0.2) is 19.8 Å². The molecule has 0 aromatic heterocycles. The number of hydrogen-bond acceptors (Lipinski definition) is 3. The molecule has 0 radical (unpaired) electrons. The molecule has 0 amide bonds. The van der Waals surface area contributed by atoms with Crippen LogP contribution >= 0.6 is 11.6 Å². The van der Waals surface area contributed by atoms with Crippen LogP contribution in [0.1, 0.15) is 0 Å². The Morgan fingerprint density at radius 2 is 1.78 bits per heavy atom. The monoisotopic (exact) mass is 282 g/mol. The summed E-state index contributed by atoms with van der Waals surface area (Å²) in [6.07, 6.45) is 1.10. The summed E-state index contributed by atoms with van der Waals surface area (Å²) in [5.74, 6) is -0.104. The average Bonchev–Trinajstić information content (AvgIpc) is 2.27. The van der Waals surface area contributed by atoms with E-state index in [-0.39, 0.29) is 10.6 Å². The minimum absolute atomic E-state index is 0.0671. The highest BCUT2D eigenvalue weighted by Crippen LogP contribution is 2.32. The van der Waals surface area contributed by atoms with Crippen molar-refractivity contribution in [3.63, 3.8) is 0 Å². The molecule has 0 spiro atoms. The summed E-state index contributed by atoms with van der Waals surface area (Å²) in [6.45, 7) is 0. The molecule has 0 heterocycles. The summed E-state index contributed by atoms with van der Waals surface area (Å²) in [7, 11) is -3.37. The van der Waals surface area contributed by atoms with Gasteiger partial charge in [-0.15, -0.1) is 0 Å². The minimum Gasteiger partial charge on any atom is -0.508 e. The molecule has 5 heteroatoms. The lowest BCUT2D eigenvalue weighted by atomic mass is 10.1. The zero-order valence-corrected chi connectivity index (χ0v) is 11.2. The summed E-state index contributed by atoms with van der Waals surface area (Å²) < 4.78 is 23.0. The van der Waals surface area contributed by atoms with Crippen LogP contribution in [0.15, 0.2) is 47.4 Å². The molecule has 18 heavy (non-hydrogen) atoms. The third-order valence-electron chi connectivity index (χ3n) is 2.50. The highest BCUT2D eigenvalue weighted by Gasteiger charge is 2.12. The lowest BCUT2D eigenvalue weighted by Gasteiger charge is -2.07. The lowest BCUT2D eigenvalue weighted by molar-refractivity contribution is 0.473. The van der Waals surface area contributed by atoms with E-state index in [1.165, 1.54) is 18.2 Å². The van der Waals surface area contributed by atoms with Crippen molar-refractivity contribution in [2.24, 2.45) is 0 Å². The van der Waals surface area contributed by atoms with Gasteiger partial charge in [0.05, 0.1) is 4.90 Å². The van der Waals surface area contributed by atoms with Gasteiger partial charge in [0.2, 0.25) is 0 Å². The van der Waals surface area contributed by atoms with Gasteiger partial charge in [0.1, 0.15) is 5.75 Å². The van der Waals surface area contributed by atoms with Gasteiger partial charge in [0, 0.05) is 16.8 Å². The number of hydrogen-bond donors (Lipinski definition) is 1. The first-order chi connectivity index (χ1) is 8.38. The highest BCUT2D eigenvalue weighted by atomic mass is 35.5. The second-order valence-corrected chi connectivity index (χ2v) is 6.39. The predicted octanol–water partition coefficient (Wildman–Crippen LogP) is 3.12. The molecule has 0 saturated heterocycles. The van der Waals surface area contributed by atoms with Crippen LogP contribution in [0.4, 0.5) is 0 Å². The molecular weight excluding hydrogens is 272 g/mol. The number of phenolic OH excluding ortho intramolecular Hbond substituents is 1. The number of halogens is 1. The van der Waals surface area contributed by atoms with E-state index >= 15 is 0 Å². The normalized spacial score (nSPS) is 11.4. The standard InChI is InChI=1S/C13H11ClO3S/c1-18(16,17)11-7-9(6-10(15)8-11)12-4-2-3-5-13(12)14/h2-8,15H,1H3. The largest absolute Gasteiger partial charge is 0.508 e.